The third-order valence-electron chi connectivity index (χ3n) is 4.60. The van der Waals surface area contributed by atoms with Crippen molar-refractivity contribution in [3.8, 4) is 11.4 Å². The number of nitrogens with zero attached hydrogens (tertiary/aromatic N) is 3. The smallest absolute Gasteiger partial charge is 0.324 e. The van der Waals surface area contributed by atoms with Crippen molar-refractivity contribution < 1.29 is 9.53 Å². The van der Waals surface area contributed by atoms with Crippen LogP contribution in [0.1, 0.15) is 17.2 Å². The number of carbonyl (C=O) groups excluding carboxylic acids is 1. The molecule has 0 unspecified atom stereocenters. The Labute approximate surface area is 167 Å². The first-order valence-electron chi connectivity index (χ1n) is 9.01. The zero-order chi connectivity index (χ0) is 19.5. The maximum atomic E-state index is 12.7. The number of anilines is 1. The van der Waals surface area contributed by atoms with E-state index in [4.69, 9.17) is 16.3 Å². The van der Waals surface area contributed by atoms with Gasteiger partial charge in [-0.3, -0.25) is 10.4 Å². The molecule has 1 aromatic heterocycles. The molecule has 0 saturated carbocycles. The van der Waals surface area contributed by atoms with Gasteiger partial charge in [-0.25, -0.2) is 4.79 Å². The van der Waals surface area contributed by atoms with Gasteiger partial charge in [0.15, 0.2) is 5.82 Å². The average molecular weight is 398 g/mol. The number of nitrogens with one attached hydrogen (secondary N) is 2. The van der Waals surface area contributed by atoms with Gasteiger partial charge in [0, 0.05) is 22.7 Å². The molecule has 2 amide bonds. The Bertz CT molecular complexity index is 990. The van der Waals surface area contributed by atoms with E-state index in [0.29, 0.717) is 30.5 Å². The average Bonchev–Trinajstić information content (AvgIpc) is 3.17. The third kappa shape index (κ3) is 4.00. The summed E-state index contributed by atoms with van der Waals surface area (Å²) in [5.41, 5.74) is 2.91. The Morgan fingerprint density at radius 2 is 2.14 bits per heavy atom. The standard InChI is InChI=1S/C20H20ClN5O2/c1-13-5-4-6-14(11-13)18-22-19(25-24-18)23-20(27)26-9-10-28-17(12-26)15-7-2-3-8-16(15)21/h2-8,11,17H,9-10,12H2,1H3,(H2,22,23,24,25,27)/t17-/m1/s1. The Hall–Kier alpha value is -2.90. The van der Waals surface area contributed by atoms with Gasteiger partial charge in [0.1, 0.15) is 6.10 Å². The summed E-state index contributed by atoms with van der Waals surface area (Å²) in [6.45, 7) is 3.34. The highest BCUT2D eigenvalue weighted by Crippen LogP contribution is 2.28. The molecular formula is C20H20ClN5O2. The molecule has 1 atom stereocenters. The summed E-state index contributed by atoms with van der Waals surface area (Å²) in [6, 6.07) is 15.1. The lowest BCUT2D eigenvalue weighted by Gasteiger charge is -2.33. The zero-order valence-corrected chi connectivity index (χ0v) is 16.1. The molecular weight excluding hydrogens is 378 g/mol. The Balaban J connectivity index is 1.43. The number of carbonyl (C=O) groups is 1. The number of morpholine rings is 1. The van der Waals surface area contributed by atoms with E-state index in [0.717, 1.165) is 16.7 Å². The third-order valence-corrected chi connectivity index (χ3v) is 4.95. The monoisotopic (exact) mass is 397 g/mol. The van der Waals surface area contributed by atoms with E-state index in [1.807, 2.05) is 55.5 Å². The zero-order valence-electron chi connectivity index (χ0n) is 15.4. The maximum absolute atomic E-state index is 12.7. The first kappa shape index (κ1) is 18.5. The largest absolute Gasteiger partial charge is 0.370 e. The van der Waals surface area contributed by atoms with Crippen molar-refractivity contribution in [3.63, 3.8) is 0 Å². The van der Waals surface area contributed by atoms with E-state index >= 15 is 0 Å². The molecule has 28 heavy (non-hydrogen) atoms. The Morgan fingerprint density at radius 3 is 2.96 bits per heavy atom. The lowest BCUT2D eigenvalue weighted by molar-refractivity contribution is -0.0134. The molecule has 2 N–H and O–H groups in total. The number of benzene rings is 2. The summed E-state index contributed by atoms with van der Waals surface area (Å²) in [5.74, 6) is 0.845. The first-order chi connectivity index (χ1) is 13.6. The number of halogens is 1. The van der Waals surface area contributed by atoms with Gasteiger partial charge in [0.05, 0.1) is 13.2 Å². The quantitative estimate of drug-likeness (QED) is 0.698. The van der Waals surface area contributed by atoms with Crippen molar-refractivity contribution in [2.75, 3.05) is 25.0 Å². The van der Waals surface area contributed by atoms with Crippen LogP contribution in [0.5, 0.6) is 0 Å². The van der Waals surface area contributed by atoms with Gasteiger partial charge in [0.2, 0.25) is 5.95 Å². The number of aryl methyl sites for hydroxylation is 1. The number of H-pyrrole nitrogens is 1. The number of urea groups is 1. The van der Waals surface area contributed by atoms with Crippen molar-refractivity contribution in [1.82, 2.24) is 20.1 Å². The van der Waals surface area contributed by atoms with Crippen LogP contribution in [-0.4, -0.2) is 45.8 Å². The highest BCUT2D eigenvalue weighted by atomic mass is 35.5. The molecule has 1 aliphatic rings. The fourth-order valence-corrected chi connectivity index (χ4v) is 3.43. The molecule has 4 rings (SSSR count). The molecule has 2 heterocycles. The van der Waals surface area contributed by atoms with Crippen molar-refractivity contribution in [3.05, 3.63) is 64.7 Å². The second-order valence-corrected chi connectivity index (χ2v) is 7.04. The second-order valence-electron chi connectivity index (χ2n) is 6.63. The van der Waals surface area contributed by atoms with Crippen molar-refractivity contribution in [1.29, 1.82) is 0 Å². The van der Waals surface area contributed by atoms with Gasteiger partial charge in [-0.15, -0.1) is 5.10 Å². The van der Waals surface area contributed by atoms with Gasteiger partial charge >= 0.3 is 6.03 Å². The number of aromatic amines is 1. The molecule has 3 aromatic rings. The van der Waals surface area contributed by atoms with Crippen molar-refractivity contribution in [2.24, 2.45) is 0 Å². The van der Waals surface area contributed by atoms with Crippen LogP contribution >= 0.6 is 11.6 Å². The van der Waals surface area contributed by atoms with E-state index in [1.165, 1.54) is 0 Å². The minimum absolute atomic E-state index is 0.238. The number of rotatable bonds is 3. The van der Waals surface area contributed by atoms with Crippen LogP contribution in [0, 0.1) is 6.92 Å². The topological polar surface area (TPSA) is 83.1 Å². The molecule has 0 aliphatic carbocycles. The molecule has 7 nitrogen and oxygen atoms in total. The fourth-order valence-electron chi connectivity index (χ4n) is 3.17. The minimum Gasteiger partial charge on any atom is -0.370 e. The van der Waals surface area contributed by atoms with Crippen LogP contribution in [0.3, 0.4) is 0 Å². The summed E-state index contributed by atoms with van der Waals surface area (Å²) < 4.78 is 5.81. The minimum atomic E-state index is -0.268. The predicted molar refractivity (Wildman–Crippen MR) is 107 cm³/mol. The van der Waals surface area contributed by atoms with Crippen LogP contribution in [-0.2, 0) is 4.74 Å². The van der Waals surface area contributed by atoms with E-state index in [-0.39, 0.29) is 18.1 Å². The predicted octanol–water partition coefficient (Wildman–Crippen LogP) is 4.04. The van der Waals surface area contributed by atoms with Crippen LogP contribution in [0.2, 0.25) is 5.02 Å². The van der Waals surface area contributed by atoms with Crippen LogP contribution < -0.4 is 5.32 Å². The molecule has 144 valence electrons. The lowest BCUT2D eigenvalue weighted by Crippen LogP contribution is -2.44. The maximum Gasteiger partial charge on any atom is 0.324 e. The number of ether oxygens (including phenoxy) is 1. The molecule has 1 aliphatic heterocycles. The molecule has 8 heteroatoms. The first-order valence-corrected chi connectivity index (χ1v) is 9.39. The summed E-state index contributed by atoms with van der Waals surface area (Å²) in [5, 5.41) is 10.3. The summed E-state index contributed by atoms with van der Waals surface area (Å²) in [7, 11) is 0. The SMILES string of the molecule is Cc1cccc(-c2nc(NC(=O)N3CCO[C@@H](c4ccccc4Cl)C3)n[nH]2)c1. The van der Waals surface area contributed by atoms with E-state index in [9.17, 15) is 4.79 Å². The molecule has 0 radical (unpaired) electrons. The van der Waals surface area contributed by atoms with Crippen LogP contribution in [0.15, 0.2) is 48.5 Å². The Kier molecular flexibility index (Phi) is 5.27. The van der Waals surface area contributed by atoms with E-state index < -0.39 is 0 Å². The molecule has 0 bridgehead atoms. The van der Waals surface area contributed by atoms with E-state index in [2.05, 4.69) is 20.5 Å². The number of aromatic nitrogens is 3. The highest BCUT2D eigenvalue weighted by molar-refractivity contribution is 6.31. The van der Waals surface area contributed by atoms with Gasteiger partial charge in [-0.1, -0.05) is 53.6 Å². The molecule has 2 aromatic carbocycles. The summed E-state index contributed by atoms with van der Waals surface area (Å²) in [4.78, 5) is 18.7. The molecule has 1 saturated heterocycles. The van der Waals surface area contributed by atoms with Crippen molar-refractivity contribution >= 4 is 23.6 Å². The highest BCUT2D eigenvalue weighted by Gasteiger charge is 2.27. The van der Waals surface area contributed by atoms with Gasteiger partial charge in [0.25, 0.3) is 0 Å². The number of amides is 2. The van der Waals surface area contributed by atoms with Crippen LogP contribution in [0.25, 0.3) is 11.4 Å². The second kappa shape index (κ2) is 8.00. The lowest BCUT2D eigenvalue weighted by atomic mass is 10.1. The molecule has 1 fully saturated rings. The Morgan fingerprint density at radius 1 is 1.29 bits per heavy atom. The van der Waals surface area contributed by atoms with Gasteiger partial charge < -0.3 is 9.64 Å². The van der Waals surface area contributed by atoms with Gasteiger partial charge in [-0.05, 0) is 19.1 Å². The molecule has 0 spiro atoms. The fraction of sp³-hybridized carbons (Fsp3) is 0.250. The summed E-state index contributed by atoms with van der Waals surface area (Å²) in [6.07, 6.45) is -0.261. The number of hydrogen-bond donors (Lipinski definition) is 2. The summed E-state index contributed by atoms with van der Waals surface area (Å²) >= 11 is 6.26. The van der Waals surface area contributed by atoms with Crippen molar-refractivity contribution in [2.45, 2.75) is 13.0 Å². The normalized spacial score (nSPS) is 16.8. The number of hydrogen-bond acceptors (Lipinski definition) is 4. The van der Waals surface area contributed by atoms with Crippen LogP contribution in [0.4, 0.5) is 10.7 Å². The van der Waals surface area contributed by atoms with Gasteiger partial charge in [-0.2, -0.15) is 4.98 Å². The van der Waals surface area contributed by atoms with E-state index in [1.54, 1.807) is 4.90 Å².